The number of hydrogen-bond donors (Lipinski definition) is 1. The first-order valence-corrected chi connectivity index (χ1v) is 9.30. The zero-order valence-electron chi connectivity index (χ0n) is 14.0. The smallest absolute Gasteiger partial charge is 0.0459 e. The van der Waals surface area contributed by atoms with Gasteiger partial charge in [0.2, 0.25) is 0 Å². The van der Waals surface area contributed by atoms with Gasteiger partial charge < -0.3 is 4.98 Å². The minimum atomic E-state index is 0.285. The van der Waals surface area contributed by atoms with Crippen LogP contribution >= 0.6 is 11.3 Å². The molecule has 0 saturated carbocycles. The highest BCUT2D eigenvalue weighted by molar-refractivity contribution is 7.12. The van der Waals surface area contributed by atoms with Gasteiger partial charge in [-0.25, -0.2) is 0 Å². The summed E-state index contributed by atoms with van der Waals surface area (Å²) in [5, 5.41) is 1.33. The van der Waals surface area contributed by atoms with E-state index in [-0.39, 0.29) is 5.92 Å². The Morgan fingerprint density at radius 3 is 2.42 bits per heavy atom. The van der Waals surface area contributed by atoms with Crippen LogP contribution in [0.1, 0.15) is 39.4 Å². The number of rotatable bonds is 4. The van der Waals surface area contributed by atoms with Gasteiger partial charge in [0.05, 0.1) is 0 Å². The minimum absolute atomic E-state index is 0.285. The molecule has 120 valence electrons. The normalized spacial score (nSPS) is 12.6. The molecule has 1 N–H and O–H groups in total. The highest BCUT2D eigenvalue weighted by Crippen LogP contribution is 2.40. The molecule has 2 aromatic heterocycles. The summed E-state index contributed by atoms with van der Waals surface area (Å²) in [6, 6.07) is 24.1. The van der Waals surface area contributed by atoms with Gasteiger partial charge in [-0.3, -0.25) is 0 Å². The SMILES string of the molecule is CCc1ccc([C@H](c2ccccc2)c2c(C)[nH]c3ccccc23)s1. The van der Waals surface area contributed by atoms with Crippen molar-refractivity contribution in [2.75, 3.05) is 0 Å². The molecule has 0 amide bonds. The number of H-pyrrole nitrogens is 1. The third kappa shape index (κ3) is 2.57. The number of thiophene rings is 1. The molecule has 2 heterocycles. The number of aryl methyl sites for hydroxylation is 2. The number of nitrogens with one attached hydrogen (secondary N) is 1. The average molecular weight is 331 g/mol. The molecular formula is C22H21NS. The van der Waals surface area contributed by atoms with Crippen molar-refractivity contribution in [1.29, 1.82) is 0 Å². The van der Waals surface area contributed by atoms with Crippen LogP contribution in [0.2, 0.25) is 0 Å². The Hall–Kier alpha value is -2.32. The van der Waals surface area contributed by atoms with Crippen molar-refractivity contribution in [1.82, 2.24) is 4.98 Å². The molecule has 0 bridgehead atoms. The van der Waals surface area contributed by atoms with E-state index in [0.29, 0.717) is 0 Å². The van der Waals surface area contributed by atoms with Crippen molar-refractivity contribution >= 4 is 22.2 Å². The van der Waals surface area contributed by atoms with Crippen LogP contribution < -0.4 is 0 Å². The predicted molar refractivity (Wildman–Crippen MR) is 104 cm³/mol. The van der Waals surface area contributed by atoms with Crippen LogP contribution in [-0.4, -0.2) is 4.98 Å². The summed E-state index contributed by atoms with van der Waals surface area (Å²) in [5.74, 6) is 0.285. The first kappa shape index (κ1) is 15.2. The van der Waals surface area contributed by atoms with Crippen LogP contribution in [0.4, 0.5) is 0 Å². The van der Waals surface area contributed by atoms with E-state index < -0.39 is 0 Å². The van der Waals surface area contributed by atoms with Gasteiger partial charge in [-0.2, -0.15) is 0 Å². The molecule has 1 atom stereocenters. The summed E-state index contributed by atoms with van der Waals surface area (Å²) in [6.45, 7) is 4.42. The van der Waals surface area contributed by atoms with Crippen LogP contribution in [0.25, 0.3) is 10.9 Å². The lowest BCUT2D eigenvalue weighted by molar-refractivity contribution is 0.994. The van der Waals surface area contributed by atoms with Crippen molar-refractivity contribution in [3.63, 3.8) is 0 Å². The van der Waals surface area contributed by atoms with Crippen LogP contribution in [-0.2, 0) is 6.42 Å². The summed E-state index contributed by atoms with van der Waals surface area (Å²) in [7, 11) is 0. The van der Waals surface area contributed by atoms with Crippen molar-refractivity contribution in [3.05, 3.63) is 93.3 Å². The van der Waals surface area contributed by atoms with E-state index in [1.807, 2.05) is 11.3 Å². The third-order valence-electron chi connectivity index (χ3n) is 4.68. The van der Waals surface area contributed by atoms with Crippen molar-refractivity contribution in [3.8, 4) is 0 Å². The number of fused-ring (bicyclic) bond motifs is 1. The summed E-state index contributed by atoms with van der Waals surface area (Å²) in [6.07, 6.45) is 1.10. The van der Waals surface area contributed by atoms with Gasteiger partial charge >= 0.3 is 0 Å². The molecule has 2 aromatic carbocycles. The zero-order valence-corrected chi connectivity index (χ0v) is 14.9. The van der Waals surface area contributed by atoms with Crippen LogP contribution in [0.15, 0.2) is 66.7 Å². The maximum Gasteiger partial charge on any atom is 0.0459 e. The lowest BCUT2D eigenvalue weighted by Crippen LogP contribution is -2.02. The molecule has 0 fully saturated rings. The fourth-order valence-corrected chi connectivity index (χ4v) is 4.62. The average Bonchev–Trinajstić information content (AvgIpc) is 3.21. The standard InChI is InChI=1S/C22H21NS/c1-3-17-13-14-20(24-17)22(16-9-5-4-6-10-16)21-15(2)23-19-12-8-7-11-18(19)21/h4-14,22-23H,3H2,1-2H3/t22-/m0/s1. The summed E-state index contributed by atoms with van der Waals surface area (Å²) < 4.78 is 0. The second kappa shape index (κ2) is 6.29. The van der Waals surface area contributed by atoms with E-state index in [0.717, 1.165) is 6.42 Å². The Morgan fingerprint density at radius 2 is 1.67 bits per heavy atom. The topological polar surface area (TPSA) is 15.8 Å². The monoisotopic (exact) mass is 331 g/mol. The number of para-hydroxylation sites is 1. The first-order chi connectivity index (χ1) is 11.8. The molecule has 0 aliphatic rings. The molecule has 24 heavy (non-hydrogen) atoms. The van der Waals surface area contributed by atoms with E-state index in [2.05, 4.69) is 85.6 Å². The van der Waals surface area contributed by atoms with Crippen molar-refractivity contribution in [2.24, 2.45) is 0 Å². The van der Waals surface area contributed by atoms with Gasteiger partial charge in [0.1, 0.15) is 0 Å². The Kier molecular flexibility index (Phi) is 3.99. The third-order valence-corrected chi connectivity index (χ3v) is 5.97. The Labute approximate surface area is 147 Å². The number of benzene rings is 2. The molecule has 0 radical (unpaired) electrons. The van der Waals surface area contributed by atoms with Crippen molar-refractivity contribution < 1.29 is 0 Å². The molecule has 2 heteroatoms. The van der Waals surface area contributed by atoms with Gasteiger partial charge in [-0.1, -0.05) is 55.5 Å². The molecule has 4 rings (SSSR count). The molecule has 1 nitrogen and oxygen atoms in total. The van der Waals surface area contributed by atoms with E-state index in [1.165, 1.54) is 37.5 Å². The van der Waals surface area contributed by atoms with Gasteiger partial charge in [0.25, 0.3) is 0 Å². The van der Waals surface area contributed by atoms with E-state index >= 15 is 0 Å². The lowest BCUT2D eigenvalue weighted by atomic mass is 9.88. The molecule has 0 aliphatic heterocycles. The highest BCUT2D eigenvalue weighted by atomic mass is 32.1. The van der Waals surface area contributed by atoms with Crippen LogP contribution in [0, 0.1) is 6.92 Å². The number of hydrogen-bond acceptors (Lipinski definition) is 1. The molecule has 0 unspecified atom stereocenters. The van der Waals surface area contributed by atoms with Gasteiger partial charge in [-0.15, -0.1) is 11.3 Å². The molecule has 0 aliphatic carbocycles. The molecule has 0 spiro atoms. The van der Waals surface area contributed by atoms with Crippen LogP contribution in [0.3, 0.4) is 0 Å². The number of aromatic amines is 1. The maximum atomic E-state index is 3.57. The summed E-state index contributed by atoms with van der Waals surface area (Å²) >= 11 is 1.94. The molecule has 0 saturated heterocycles. The second-order valence-electron chi connectivity index (χ2n) is 6.21. The van der Waals surface area contributed by atoms with Gasteiger partial charge in [0, 0.05) is 32.3 Å². The van der Waals surface area contributed by atoms with Crippen LogP contribution in [0.5, 0.6) is 0 Å². The Bertz CT molecular complexity index is 962. The predicted octanol–water partition coefficient (Wildman–Crippen LogP) is 6.28. The summed E-state index contributed by atoms with van der Waals surface area (Å²) in [4.78, 5) is 6.44. The Balaban J connectivity index is 1.97. The number of aromatic nitrogens is 1. The quantitative estimate of drug-likeness (QED) is 0.453. The summed E-state index contributed by atoms with van der Waals surface area (Å²) in [5.41, 5.74) is 5.24. The first-order valence-electron chi connectivity index (χ1n) is 8.48. The largest absolute Gasteiger partial charge is 0.358 e. The van der Waals surface area contributed by atoms with Crippen molar-refractivity contribution in [2.45, 2.75) is 26.2 Å². The van der Waals surface area contributed by atoms with Gasteiger partial charge in [-0.05, 0) is 42.7 Å². The highest BCUT2D eigenvalue weighted by Gasteiger charge is 2.23. The van der Waals surface area contributed by atoms with E-state index in [1.54, 1.807) is 0 Å². The zero-order chi connectivity index (χ0) is 16.5. The molecular weight excluding hydrogens is 310 g/mol. The van der Waals surface area contributed by atoms with E-state index in [4.69, 9.17) is 0 Å². The minimum Gasteiger partial charge on any atom is -0.358 e. The maximum absolute atomic E-state index is 3.57. The fraction of sp³-hybridized carbons (Fsp3) is 0.182. The van der Waals surface area contributed by atoms with E-state index in [9.17, 15) is 0 Å². The second-order valence-corrected chi connectivity index (χ2v) is 7.41. The molecule has 4 aromatic rings. The Morgan fingerprint density at radius 1 is 0.917 bits per heavy atom. The van der Waals surface area contributed by atoms with Gasteiger partial charge in [0.15, 0.2) is 0 Å². The lowest BCUT2D eigenvalue weighted by Gasteiger charge is -2.17. The fourth-order valence-electron chi connectivity index (χ4n) is 3.53.